The summed E-state index contributed by atoms with van der Waals surface area (Å²) in [6.45, 7) is 3.43. The first-order chi connectivity index (χ1) is 9.88. The molecule has 0 aliphatic heterocycles. The third kappa shape index (κ3) is 6.51. The van der Waals surface area contributed by atoms with E-state index in [9.17, 15) is 14.4 Å². The first-order valence-corrected chi connectivity index (χ1v) is 6.60. The van der Waals surface area contributed by atoms with Gasteiger partial charge >= 0.3 is 12.0 Å². The maximum atomic E-state index is 11.7. The molecule has 0 aliphatic rings. The molecule has 0 aromatic carbocycles. The van der Waals surface area contributed by atoms with Crippen LogP contribution < -0.4 is 10.6 Å². The summed E-state index contributed by atoms with van der Waals surface area (Å²) >= 11 is 0. The Kier molecular flexibility index (Phi) is 6.32. The Labute approximate surface area is 122 Å². The number of imide groups is 1. The van der Waals surface area contributed by atoms with Gasteiger partial charge in [0.2, 0.25) is 5.91 Å². The lowest BCUT2D eigenvalue weighted by atomic mass is 10.0. The van der Waals surface area contributed by atoms with Gasteiger partial charge in [0.05, 0.1) is 6.04 Å². The second-order valence-electron chi connectivity index (χ2n) is 4.93. The number of carbonyl (C=O) groups excluding carboxylic acids is 2. The van der Waals surface area contributed by atoms with Crippen molar-refractivity contribution in [3.8, 4) is 0 Å². The normalized spacial score (nSPS) is 13.0. The highest BCUT2D eigenvalue weighted by Gasteiger charge is 2.16. The van der Waals surface area contributed by atoms with Gasteiger partial charge in [0, 0.05) is 25.2 Å². The molecule has 2 atom stereocenters. The van der Waals surface area contributed by atoms with Crippen molar-refractivity contribution >= 4 is 17.9 Å². The minimum absolute atomic E-state index is 0.0106. The van der Waals surface area contributed by atoms with Crippen LogP contribution in [0.15, 0.2) is 24.5 Å². The number of carboxylic acids is 1. The second kappa shape index (κ2) is 7.98. The van der Waals surface area contributed by atoms with Crippen LogP contribution in [0, 0.1) is 5.92 Å². The SMILES string of the molecule is CC(CC(=O)O)CC(=O)NC(=O)NC(C)c1ccncc1. The van der Waals surface area contributed by atoms with E-state index >= 15 is 0 Å². The van der Waals surface area contributed by atoms with Crippen LogP contribution >= 0.6 is 0 Å². The molecule has 1 heterocycles. The van der Waals surface area contributed by atoms with E-state index in [2.05, 4.69) is 15.6 Å². The number of carboxylic acid groups (broad SMARTS) is 1. The van der Waals surface area contributed by atoms with E-state index in [1.54, 1.807) is 38.4 Å². The molecule has 0 fully saturated rings. The smallest absolute Gasteiger partial charge is 0.321 e. The van der Waals surface area contributed by atoms with E-state index in [0.29, 0.717) is 0 Å². The van der Waals surface area contributed by atoms with Crippen LogP contribution in [0.1, 0.15) is 38.3 Å². The fourth-order valence-electron chi connectivity index (χ4n) is 1.83. The molecule has 0 spiro atoms. The monoisotopic (exact) mass is 293 g/mol. The van der Waals surface area contributed by atoms with Gasteiger partial charge in [0.25, 0.3) is 0 Å². The van der Waals surface area contributed by atoms with Crippen LogP contribution in [0.3, 0.4) is 0 Å². The van der Waals surface area contributed by atoms with Gasteiger partial charge in [-0.05, 0) is 30.5 Å². The summed E-state index contributed by atoms with van der Waals surface area (Å²) in [5.74, 6) is -1.79. The summed E-state index contributed by atoms with van der Waals surface area (Å²) in [5, 5.41) is 13.4. The summed E-state index contributed by atoms with van der Waals surface area (Å²) in [5.41, 5.74) is 0.867. The van der Waals surface area contributed by atoms with Crippen LogP contribution in [-0.4, -0.2) is 28.0 Å². The minimum Gasteiger partial charge on any atom is -0.481 e. The lowest BCUT2D eigenvalue weighted by Gasteiger charge is -2.15. The van der Waals surface area contributed by atoms with E-state index < -0.39 is 17.9 Å². The summed E-state index contributed by atoms with van der Waals surface area (Å²) in [7, 11) is 0. The zero-order chi connectivity index (χ0) is 15.8. The van der Waals surface area contributed by atoms with Crippen LogP contribution in [0.5, 0.6) is 0 Å². The molecule has 2 unspecified atom stereocenters. The van der Waals surface area contributed by atoms with Crippen molar-refractivity contribution in [2.75, 3.05) is 0 Å². The number of aliphatic carboxylic acids is 1. The minimum atomic E-state index is -0.967. The second-order valence-corrected chi connectivity index (χ2v) is 4.93. The predicted octanol–water partition coefficient (Wildman–Crippen LogP) is 1.47. The first kappa shape index (κ1) is 16.6. The molecule has 7 heteroatoms. The maximum absolute atomic E-state index is 11.7. The number of nitrogens with zero attached hydrogens (tertiary/aromatic N) is 1. The molecular formula is C14H19N3O4. The number of amides is 3. The average Bonchev–Trinajstić information content (AvgIpc) is 2.37. The van der Waals surface area contributed by atoms with Gasteiger partial charge in [-0.2, -0.15) is 0 Å². The zero-order valence-corrected chi connectivity index (χ0v) is 12.0. The number of aromatic nitrogens is 1. The van der Waals surface area contributed by atoms with E-state index in [1.807, 2.05) is 0 Å². The first-order valence-electron chi connectivity index (χ1n) is 6.60. The summed E-state index contributed by atoms with van der Waals surface area (Å²) in [6, 6.07) is 2.66. The van der Waals surface area contributed by atoms with Crippen molar-refractivity contribution in [1.82, 2.24) is 15.6 Å². The fraction of sp³-hybridized carbons (Fsp3) is 0.429. The predicted molar refractivity (Wildman–Crippen MR) is 75.4 cm³/mol. The van der Waals surface area contributed by atoms with Crippen molar-refractivity contribution in [1.29, 1.82) is 0 Å². The fourth-order valence-corrected chi connectivity index (χ4v) is 1.83. The molecule has 0 saturated heterocycles. The number of hydrogen-bond acceptors (Lipinski definition) is 4. The Morgan fingerprint density at radius 3 is 2.38 bits per heavy atom. The van der Waals surface area contributed by atoms with Crippen molar-refractivity contribution in [2.24, 2.45) is 5.92 Å². The van der Waals surface area contributed by atoms with E-state index in [4.69, 9.17) is 5.11 Å². The highest BCUT2D eigenvalue weighted by Crippen LogP contribution is 2.10. The molecular weight excluding hydrogens is 274 g/mol. The Morgan fingerprint density at radius 1 is 1.19 bits per heavy atom. The molecule has 21 heavy (non-hydrogen) atoms. The van der Waals surface area contributed by atoms with Gasteiger partial charge in [-0.1, -0.05) is 6.92 Å². The molecule has 1 aromatic heterocycles. The standard InChI is InChI=1S/C14H19N3O4/c1-9(8-13(19)20)7-12(18)17-14(21)16-10(2)11-3-5-15-6-4-11/h3-6,9-10H,7-8H2,1-2H3,(H,19,20)(H2,16,17,18,21). The molecule has 0 saturated carbocycles. The van der Waals surface area contributed by atoms with Crippen molar-refractivity contribution in [2.45, 2.75) is 32.7 Å². The maximum Gasteiger partial charge on any atom is 0.321 e. The van der Waals surface area contributed by atoms with Crippen molar-refractivity contribution < 1.29 is 19.5 Å². The Hall–Kier alpha value is -2.44. The lowest BCUT2D eigenvalue weighted by Crippen LogP contribution is -2.41. The number of nitrogens with one attached hydrogen (secondary N) is 2. The Bertz CT molecular complexity index is 504. The van der Waals surface area contributed by atoms with Crippen molar-refractivity contribution in [3.05, 3.63) is 30.1 Å². The zero-order valence-electron chi connectivity index (χ0n) is 12.0. The molecule has 1 aromatic rings. The molecule has 7 nitrogen and oxygen atoms in total. The molecule has 0 bridgehead atoms. The van der Waals surface area contributed by atoms with E-state index in [0.717, 1.165) is 5.56 Å². The van der Waals surface area contributed by atoms with Gasteiger partial charge in [-0.25, -0.2) is 4.79 Å². The third-order valence-corrected chi connectivity index (χ3v) is 2.86. The van der Waals surface area contributed by atoms with Crippen LogP contribution in [-0.2, 0) is 9.59 Å². The molecule has 3 amide bonds. The third-order valence-electron chi connectivity index (χ3n) is 2.86. The topological polar surface area (TPSA) is 108 Å². The van der Waals surface area contributed by atoms with Crippen LogP contribution in [0.25, 0.3) is 0 Å². The van der Waals surface area contributed by atoms with Gasteiger partial charge < -0.3 is 10.4 Å². The van der Waals surface area contributed by atoms with Crippen LogP contribution in [0.4, 0.5) is 4.79 Å². The molecule has 0 radical (unpaired) electrons. The summed E-state index contributed by atoms with van der Waals surface area (Å²) < 4.78 is 0. The van der Waals surface area contributed by atoms with Gasteiger partial charge in [0.1, 0.15) is 0 Å². The van der Waals surface area contributed by atoms with Gasteiger partial charge in [-0.15, -0.1) is 0 Å². The van der Waals surface area contributed by atoms with E-state index in [-0.39, 0.29) is 24.8 Å². The quantitative estimate of drug-likeness (QED) is 0.736. The van der Waals surface area contributed by atoms with Gasteiger partial charge in [-0.3, -0.25) is 19.9 Å². The lowest BCUT2D eigenvalue weighted by molar-refractivity contribution is -0.138. The number of rotatable bonds is 6. The number of hydrogen-bond donors (Lipinski definition) is 3. The Balaban J connectivity index is 2.39. The summed E-state index contributed by atoms with van der Waals surface area (Å²) in [6.07, 6.45) is 3.11. The van der Waals surface area contributed by atoms with Crippen LogP contribution in [0.2, 0.25) is 0 Å². The molecule has 114 valence electrons. The largest absolute Gasteiger partial charge is 0.481 e. The average molecular weight is 293 g/mol. The van der Waals surface area contributed by atoms with Crippen molar-refractivity contribution in [3.63, 3.8) is 0 Å². The summed E-state index contributed by atoms with van der Waals surface area (Å²) in [4.78, 5) is 37.6. The molecule has 3 N–H and O–H groups in total. The van der Waals surface area contributed by atoms with E-state index in [1.165, 1.54) is 0 Å². The molecule has 1 rings (SSSR count). The number of carbonyl (C=O) groups is 3. The number of pyridine rings is 1. The van der Waals surface area contributed by atoms with Gasteiger partial charge in [0.15, 0.2) is 0 Å². The molecule has 0 aliphatic carbocycles. The number of urea groups is 1. The highest BCUT2D eigenvalue weighted by molar-refractivity contribution is 5.94. The Morgan fingerprint density at radius 2 is 1.81 bits per heavy atom. The highest BCUT2D eigenvalue weighted by atomic mass is 16.4.